The lowest BCUT2D eigenvalue weighted by atomic mass is 10.0. The van der Waals surface area contributed by atoms with E-state index in [1.807, 2.05) is 81.4 Å². The number of nitrogens with zero attached hydrogens (tertiary/aromatic N) is 1. The molecule has 0 saturated heterocycles. The zero-order valence-corrected chi connectivity index (χ0v) is 18.1. The van der Waals surface area contributed by atoms with Crippen LogP contribution in [-0.4, -0.2) is 28.9 Å². The second-order valence-corrected chi connectivity index (χ2v) is 8.16. The molecule has 3 aromatic rings. The van der Waals surface area contributed by atoms with Crippen LogP contribution in [0.2, 0.25) is 0 Å². The first kappa shape index (κ1) is 22.1. The summed E-state index contributed by atoms with van der Waals surface area (Å²) in [7, 11) is 0. The fourth-order valence-electron chi connectivity index (χ4n) is 3.07. The minimum Gasteiger partial charge on any atom is -0.457 e. The van der Waals surface area contributed by atoms with Crippen molar-refractivity contribution in [2.45, 2.75) is 32.9 Å². The minimum absolute atomic E-state index is 0.249. The highest BCUT2D eigenvalue weighted by Gasteiger charge is 2.27. The zero-order valence-electron chi connectivity index (χ0n) is 18.1. The van der Waals surface area contributed by atoms with Crippen LogP contribution in [0.15, 0.2) is 84.9 Å². The van der Waals surface area contributed by atoms with E-state index in [0.717, 1.165) is 5.56 Å². The average Bonchev–Trinajstić information content (AvgIpc) is 2.76. The van der Waals surface area contributed by atoms with Crippen LogP contribution in [0.25, 0.3) is 0 Å². The Balaban J connectivity index is 1.63. The number of para-hydroxylation sites is 1. The van der Waals surface area contributed by atoms with Crippen molar-refractivity contribution < 1.29 is 19.1 Å². The first-order valence-electron chi connectivity index (χ1n) is 10.2. The molecule has 0 bridgehead atoms. The molecule has 0 N–H and O–H groups in total. The lowest BCUT2D eigenvalue weighted by Crippen LogP contribution is -2.46. The molecule has 0 aromatic heterocycles. The Kier molecular flexibility index (Phi) is 7.08. The second kappa shape index (κ2) is 9.94. The number of amides is 1. The van der Waals surface area contributed by atoms with Gasteiger partial charge in [-0.2, -0.15) is 0 Å². The number of benzene rings is 3. The molecule has 0 spiro atoms. The Hall–Kier alpha value is -3.60. The van der Waals surface area contributed by atoms with E-state index in [-0.39, 0.29) is 12.5 Å². The maximum absolute atomic E-state index is 12.9. The van der Waals surface area contributed by atoms with Crippen LogP contribution in [0.4, 0.5) is 0 Å². The Bertz CT molecular complexity index is 1010. The summed E-state index contributed by atoms with van der Waals surface area (Å²) in [6.07, 6.45) is 0. The van der Waals surface area contributed by atoms with Crippen molar-refractivity contribution in [1.29, 1.82) is 0 Å². The normalized spacial score (nSPS) is 10.9. The van der Waals surface area contributed by atoms with Gasteiger partial charge in [-0.05, 0) is 56.7 Å². The van der Waals surface area contributed by atoms with Gasteiger partial charge in [0.15, 0.2) is 6.61 Å². The minimum atomic E-state index is -0.569. The van der Waals surface area contributed by atoms with Gasteiger partial charge in [0.05, 0.1) is 5.56 Å². The SMILES string of the molecule is CC(C)(C)N(Cc1ccccc1)C(=O)COC(=O)c1cccc(Oc2ccccc2)c1. The molecular formula is C26H27NO4. The van der Waals surface area contributed by atoms with Crippen LogP contribution in [-0.2, 0) is 16.1 Å². The summed E-state index contributed by atoms with van der Waals surface area (Å²) in [4.78, 5) is 27.1. The van der Waals surface area contributed by atoms with E-state index in [1.54, 1.807) is 29.2 Å². The van der Waals surface area contributed by atoms with Gasteiger partial charge in [0.25, 0.3) is 5.91 Å². The number of ether oxygens (including phenoxy) is 2. The van der Waals surface area contributed by atoms with Gasteiger partial charge in [0.1, 0.15) is 11.5 Å². The number of rotatable bonds is 7. The van der Waals surface area contributed by atoms with E-state index in [4.69, 9.17) is 9.47 Å². The van der Waals surface area contributed by atoms with Crippen LogP contribution in [0, 0.1) is 0 Å². The molecule has 0 heterocycles. The third-order valence-electron chi connectivity index (χ3n) is 4.67. The molecule has 0 aliphatic carbocycles. The summed E-state index contributed by atoms with van der Waals surface area (Å²) in [5.74, 6) is 0.374. The highest BCUT2D eigenvalue weighted by molar-refractivity contribution is 5.91. The highest BCUT2D eigenvalue weighted by atomic mass is 16.5. The lowest BCUT2D eigenvalue weighted by molar-refractivity contribution is -0.140. The largest absolute Gasteiger partial charge is 0.457 e. The predicted octanol–water partition coefficient (Wildman–Crippen LogP) is 5.46. The van der Waals surface area contributed by atoms with Crippen molar-refractivity contribution >= 4 is 11.9 Å². The van der Waals surface area contributed by atoms with E-state index >= 15 is 0 Å². The van der Waals surface area contributed by atoms with Gasteiger partial charge in [0, 0.05) is 12.1 Å². The summed E-state index contributed by atoms with van der Waals surface area (Å²) < 4.78 is 11.1. The third-order valence-corrected chi connectivity index (χ3v) is 4.67. The predicted molar refractivity (Wildman–Crippen MR) is 120 cm³/mol. The molecule has 31 heavy (non-hydrogen) atoms. The number of carbonyl (C=O) groups is 2. The molecule has 3 rings (SSSR count). The van der Waals surface area contributed by atoms with Crippen LogP contribution in [0.5, 0.6) is 11.5 Å². The molecular weight excluding hydrogens is 390 g/mol. The zero-order chi connectivity index (χ0) is 22.3. The van der Waals surface area contributed by atoms with Crippen LogP contribution < -0.4 is 4.74 Å². The van der Waals surface area contributed by atoms with E-state index < -0.39 is 11.5 Å². The highest BCUT2D eigenvalue weighted by Crippen LogP contribution is 2.22. The molecule has 0 aliphatic heterocycles. The van der Waals surface area contributed by atoms with Crippen molar-refractivity contribution in [2.75, 3.05) is 6.61 Å². The van der Waals surface area contributed by atoms with Gasteiger partial charge in [-0.25, -0.2) is 4.79 Å². The summed E-state index contributed by atoms with van der Waals surface area (Å²) in [6.45, 7) is 5.99. The number of esters is 1. The molecule has 5 nitrogen and oxygen atoms in total. The number of hydrogen-bond donors (Lipinski definition) is 0. The van der Waals surface area contributed by atoms with Crippen LogP contribution >= 0.6 is 0 Å². The van der Waals surface area contributed by atoms with E-state index in [2.05, 4.69) is 0 Å². The first-order valence-corrected chi connectivity index (χ1v) is 10.2. The number of carbonyl (C=O) groups excluding carboxylic acids is 2. The molecule has 3 aromatic carbocycles. The van der Waals surface area contributed by atoms with Crippen molar-refractivity contribution in [3.05, 3.63) is 96.1 Å². The lowest BCUT2D eigenvalue weighted by Gasteiger charge is -2.35. The van der Waals surface area contributed by atoms with Gasteiger partial charge >= 0.3 is 5.97 Å². The molecule has 0 fully saturated rings. The first-order chi connectivity index (χ1) is 14.8. The van der Waals surface area contributed by atoms with Gasteiger partial charge in [-0.3, -0.25) is 4.79 Å². The maximum Gasteiger partial charge on any atom is 0.338 e. The van der Waals surface area contributed by atoms with Gasteiger partial charge in [0.2, 0.25) is 0 Å². The number of hydrogen-bond acceptors (Lipinski definition) is 4. The second-order valence-electron chi connectivity index (χ2n) is 8.16. The molecule has 1 amide bonds. The van der Waals surface area contributed by atoms with Crippen molar-refractivity contribution in [3.8, 4) is 11.5 Å². The van der Waals surface area contributed by atoms with Crippen molar-refractivity contribution in [3.63, 3.8) is 0 Å². The maximum atomic E-state index is 12.9. The third kappa shape index (κ3) is 6.44. The summed E-state index contributed by atoms with van der Waals surface area (Å²) in [5.41, 5.74) is 0.928. The van der Waals surface area contributed by atoms with E-state index in [0.29, 0.717) is 23.6 Å². The van der Waals surface area contributed by atoms with Crippen LogP contribution in [0.1, 0.15) is 36.7 Å². The topological polar surface area (TPSA) is 55.8 Å². The van der Waals surface area contributed by atoms with E-state index in [1.165, 1.54) is 0 Å². The van der Waals surface area contributed by atoms with Crippen LogP contribution in [0.3, 0.4) is 0 Å². The average molecular weight is 418 g/mol. The standard InChI is InChI=1S/C26H27NO4/c1-26(2,3)27(18-20-11-6-4-7-12-20)24(28)19-30-25(29)21-13-10-16-23(17-21)31-22-14-8-5-9-15-22/h4-17H,18-19H2,1-3H3. The molecule has 0 saturated carbocycles. The molecule has 0 unspecified atom stereocenters. The smallest absolute Gasteiger partial charge is 0.338 e. The van der Waals surface area contributed by atoms with Gasteiger partial charge in [-0.15, -0.1) is 0 Å². The summed E-state index contributed by atoms with van der Waals surface area (Å²) in [5, 5.41) is 0. The Morgan fingerprint density at radius 3 is 2.06 bits per heavy atom. The quantitative estimate of drug-likeness (QED) is 0.479. The fraction of sp³-hybridized carbons (Fsp3) is 0.231. The Labute approximate surface area is 183 Å². The summed E-state index contributed by atoms with van der Waals surface area (Å²) >= 11 is 0. The molecule has 0 radical (unpaired) electrons. The van der Waals surface area contributed by atoms with Gasteiger partial charge in [-0.1, -0.05) is 54.6 Å². The Morgan fingerprint density at radius 1 is 0.806 bits per heavy atom. The van der Waals surface area contributed by atoms with Crippen molar-refractivity contribution in [2.24, 2.45) is 0 Å². The fourth-order valence-corrected chi connectivity index (χ4v) is 3.07. The summed E-state index contributed by atoms with van der Waals surface area (Å²) in [6, 6.07) is 25.8. The molecule has 0 atom stereocenters. The molecule has 5 heteroatoms. The van der Waals surface area contributed by atoms with Gasteiger partial charge < -0.3 is 14.4 Å². The monoisotopic (exact) mass is 417 g/mol. The molecule has 160 valence electrons. The van der Waals surface area contributed by atoms with Crippen molar-refractivity contribution in [1.82, 2.24) is 4.90 Å². The Morgan fingerprint density at radius 2 is 1.42 bits per heavy atom. The van der Waals surface area contributed by atoms with E-state index in [9.17, 15) is 9.59 Å². The molecule has 0 aliphatic rings.